The van der Waals surface area contributed by atoms with Crippen LogP contribution in [0.1, 0.15) is 53.1 Å². The highest BCUT2D eigenvalue weighted by atomic mass is 35.5. The number of nitrogens with one attached hydrogen (secondary N) is 1. The zero-order valence-electron chi connectivity index (χ0n) is 17.2. The first-order valence-corrected chi connectivity index (χ1v) is 11.9. The Labute approximate surface area is 190 Å². The zero-order valence-corrected chi connectivity index (χ0v) is 18.7. The molecule has 0 atom stereocenters. The molecule has 2 N–H and O–H groups in total. The summed E-state index contributed by atoms with van der Waals surface area (Å²) in [7, 11) is -2.56. The first-order valence-electron chi connectivity index (χ1n) is 10.0. The van der Waals surface area contributed by atoms with Gasteiger partial charge in [0, 0.05) is 26.0 Å². The highest BCUT2D eigenvalue weighted by molar-refractivity contribution is 7.92. The molecular weight excluding hydrogens is 456 g/mol. The SMILES string of the molecule is CO[C@H]1C[C@H](Oc2cc(Cl)c(C#N)cc2NS(=O)(=O)c2cc(C(=O)O)ccc2C2CC2)C1. The first kappa shape index (κ1) is 22.4. The minimum absolute atomic E-state index is 0.0642. The predicted molar refractivity (Wildman–Crippen MR) is 117 cm³/mol. The van der Waals surface area contributed by atoms with E-state index in [1.165, 1.54) is 18.2 Å². The van der Waals surface area contributed by atoms with Crippen molar-refractivity contribution in [1.29, 1.82) is 5.26 Å². The number of ether oxygens (including phenoxy) is 2. The summed E-state index contributed by atoms with van der Waals surface area (Å²) in [6, 6.07) is 8.78. The lowest BCUT2D eigenvalue weighted by atomic mass is 9.92. The van der Waals surface area contributed by atoms with Crippen LogP contribution in [0.2, 0.25) is 5.02 Å². The van der Waals surface area contributed by atoms with Crippen molar-refractivity contribution < 1.29 is 27.8 Å². The molecular formula is C22H21ClN2O6S. The highest BCUT2D eigenvalue weighted by Crippen LogP contribution is 2.44. The van der Waals surface area contributed by atoms with E-state index < -0.39 is 16.0 Å². The van der Waals surface area contributed by atoms with E-state index in [1.807, 2.05) is 6.07 Å². The Morgan fingerprint density at radius 2 is 1.94 bits per heavy atom. The number of methoxy groups -OCH3 is 1. The maximum absolute atomic E-state index is 13.3. The normalized spacial score (nSPS) is 20.2. The maximum Gasteiger partial charge on any atom is 0.335 e. The second kappa shape index (κ2) is 8.62. The third-order valence-electron chi connectivity index (χ3n) is 5.68. The van der Waals surface area contributed by atoms with E-state index >= 15 is 0 Å². The van der Waals surface area contributed by atoms with Crippen molar-refractivity contribution in [2.75, 3.05) is 11.8 Å². The van der Waals surface area contributed by atoms with Crippen molar-refractivity contribution in [2.45, 2.75) is 48.7 Å². The minimum atomic E-state index is -4.18. The van der Waals surface area contributed by atoms with Crippen LogP contribution in [-0.2, 0) is 14.8 Å². The number of sulfonamides is 1. The number of hydrogen-bond donors (Lipinski definition) is 2. The van der Waals surface area contributed by atoms with Crippen molar-refractivity contribution in [1.82, 2.24) is 0 Å². The Morgan fingerprint density at radius 3 is 2.53 bits per heavy atom. The summed E-state index contributed by atoms with van der Waals surface area (Å²) >= 11 is 6.15. The molecule has 0 unspecified atom stereocenters. The van der Waals surface area contributed by atoms with Crippen LogP contribution >= 0.6 is 11.6 Å². The minimum Gasteiger partial charge on any atom is -0.488 e. The zero-order chi connectivity index (χ0) is 23.0. The highest BCUT2D eigenvalue weighted by Gasteiger charge is 2.34. The van der Waals surface area contributed by atoms with E-state index in [9.17, 15) is 23.6 Å². The van der Waals surface area contributed by atoms with Gasteiger partial charge in [-0.15, -0.1) is 0 Å². The summed E-state index contributed by atoms with van der Waals surface area (Å²) in [5, 5.41) is 18.8. The molecule has 8 nitrogen and oxygen atoms in total. The molecule has 4 rings (SSSR count). The number of carboxylic acids is 1. The van der Waals surface area contributed by atoms with Crippen LogP contribution in [0.25, 0.3) is 0 Å². The lowest BCUT2D eigenvalue weighted by molar-refractivity contribution is -0.0378. The van der Waals surface area contributed by atoms with Gasteiger partial charge in [0.1, 0.15) is 17.9 Å². The van der Waals surface area contributed by atoms with Gasteiger partial charge in [-0.05, 0) is 42.5 Å². The lowest BCUT2D eigenvalue weighted by Crippen LogP contribution is -2.39. The van der Waals surface area contributed by atoms with Crippen LogP contribution < -0.4 is 9.46 Å². The molecule has 0 radical (unpaired) electrons. The van der Waals surface area contributed by atoms with E-state index in [-0.39, 0.29) is 50.6 Å². The average molecular weight is 477 g/mol. The number of hydrogen-bond acceptors (Lipinski definition) is 6. The fraction of sp³-hybridized carbons (Fsp3) is 0.364. The van der Waals surface area contributed by atoms with E-state index in [1.54, 1.807) is 13.2 Å². The van der Waals surface area contributed by atoms with Gasteiger partial charge in [-0.3, -0.25) is 4.72 Å². The fourth-order valence-corrected chi connectivity index (χ4v) is 5.22. The van der Waals surface area contributed by atoms with Gasteiger partial charge in [0.05, 0.1) is 32.8 Å². The molecule has 2 aromatic carbocycles. The summed E-state index contributed by atoms with van der Waals surface area (Å²) in [6.45, 7) is 0. The summed E-state index contributed by atoms with van der Waals surface area (Å²) in [4.78, 5) is 11.3. The summed E-state index contributed by atoms with van der Waals surface area (Å²) in [5.41, 5.74) is 0.595. The number of halogens is 1. The third kappa shape index (κ3) is 4.53. The molecule has 0 bridgehead atoms. The van der Waals surface area contributed by atoms with Crippen LogP contribution in [0.15, 0.2) is 35.2 Å². The predicted octanol–water partition coefficient (Wildman–Crippen LogP) is 4.14. The van der Waals surface area contributed by atoms with Crippen LogP contribution in [0.5, 0.6) is 5.75 Å². The Hall–Kier alpha value is -2.80. The Balaban J connectivity index is 1.70. The lowest BCUT2D eigenvalue weighted by Gasteiger charge is -2.34. The van der Waals surface area contributed by atoms with Crippen molar-refractivity contribution in [3.63, 3.8) is 0 Å². The molecule has 2 fully saturated rings. The molecule has 2 aliphatic rings. The molecule has 0 aliphatic heterocycles. The van der Waals surface area contributed by atoms with Crippen LogP contribution in [0, 0.1) is 11.3 Å². The number of carboxylic acid groups (broad SMARTS) is 1. The number of benzene rings is 2. The molecule has 0 spiro atoms. The van der Waals surface area contributed by atoms with Gasteiger partial charge < -0.3 is 14.6 Å². The largest absolute Gasteiger partial charge is 0.488 e. The van der Waals surface area contributed by atoms with Crippen molar-refractivity contribution in [2.24, 2.45) is 0 Å². The Kier molecular flexibility index (Phi) is 6.03. The molecule has 2 saturated carbocycles. The fourth-order valence-electron chi connectivity index (χ4n) is 3.64. The van der Waals surface area contributed by atoms with Gasteiger partial charge in [0.2, 0.25) is 0 Å². The van der Waals surface area contributed by atoms with E-state index in [0.29, 0.717) is 18.4 Å². The summed E-state index contributed by atoms with van der Waals surface area (Å²) in [5.74, 6) is -0.954. The molecule has 0 aromatic heterocycles. The average Bonchev–Trinajstić information content (AvgIpc) is 3.56. The number of rotatable bonds is 8. The van der Waals surface area contributed by atoms with Gasteiger partial charge in [0.25, 0.3) is 10.0 Å². The molecule has 2 aromatic rings. The summed E-state index contributed by atoms with van der Waals surface area (Å²) < 4.78 is 40.3. The number of nitriles is 1. The molecule has 0 saturated heterocycles. The summed E-state index contributed by atoms with van der Waals surface area (Å²) in [6.07, 6.45) is 2.87. The third-order valence-corrected chi connectivity index (χ3v) is 7.41. The maximum atomic E-state index is 13.3. The van der Waals surface area contributed by atoms with Crippen LogP contribution in [0.4, 0.5) is 5.69 Å². The topological polar surface area (TPSA) is 126 Å². The quantitative estimate of drug-likeness (QED) is 0.586. The van der Waals surface area contributed by atoms with Crippen LogP contribution in [0.3, 0.4) is 0 Å². The van der Waals surface area contributed by atoms with Gasteiger partial charge in [-0.2, -0.15) is 5.26 Å². The molecule has 0 heterocycles. The molecule has 32 heavy (non-hydrogen) atoms. The molecule has 10 heteroatoms. The van der Waals surface area contributed by atoms with Gasteiger partial charge >= 0.3 is 5.97 Å². The number of aromatic carboxylic acids is 1. The Bertz CT molecular complexity index is 1210. The van der Waals surface area contributed by atoms with E-state index in [2.05, 4.69) is 4.72 Å². The van der Waals surface area contributed by atoms with Crippen LogP contribution in [-0.4, -0.2) is 38.8 Å². The van der Waals surface area contributed by atoms with Gasteiger partial charge in [-0.25, -0.2) is 13.2 Å². The van der Waals surface area contributed by atoms with Crippen molar-refractivity contribution in [3.8, 4) is 11.8 Å². The van der Waals surface area contributed by atoms with Gasteiger partial charge in [-0.1, -0.05) is 17.7 Å². The van der Waals surface area contributed by atoms with Crippen molar-refractivity contribution in [3.05, 3.63) is 52.0 Å². The number of carbonyl (C=O) groups is 1. The molecule has 168 valence electrons. The standard InChI is InChI=1S/C22H21ClN2O6S/c1-30-15-8-16(9-15)31-20-10-18(23)14(11-24)6-19(20)25-32(28,29)21-7-13(22(26)27)4-5-17(21)12-2-3-12/h4-7,10,12,15-16,25H,2-3,8-9H2,1H3,(H,26,27)/t15-,16-. The Morgan fingerprint density at radius 1 is 1.22 bits per heavy atom. The van der Waals surface area contributed by atoms with Crippen molar-refractivity contribution >= 4 is 33.3 Å². The smallest absolute Gasteiger partial charge is 0.335 e. The molecule has 0 amide bonds. The molecule has 2 aliphatic carbocycles. The number of nitrogens with zero attached hydrogens (tertiary/aromatic N) is 1. The second-order valence-electron chi connectivity index (χ2n) is 7.95. The second-order valence-corrected chi connectivity index (χ2v) is 10.0. The number of anilines is 1. The van der Waals surface area contributed by atoms with E-state index in [0.717, 1.165) is 18.9 Å². The first-order chi connectivity index (χ1) is 15.2. The monoisotopic (exact) mass is 476 g/mol. The van der Waals surface area contributed by atoms with E-state index in [4.69, 9.17) is 21.1 Å². The van der Waals surface area contributed by atoms with Gasteiger partial charge in [0.15, 0.2) is 0 Å².